The van der Waals surface area contributed by atoms with Crippen molar-refractivity contribution in [2.24, 2.45) is 0 Å². The second-order valence-electron chi connectivity index (χ2n) is 2.40. The average Bonchev–Trinajstić information content (AvgIpc) is 2.18. The molecular formula is C8H8N2O2S. The van der Waals surface area contributed by atoms with E-state index in [1.54, 1.807) is 0 Å². The molecule has 0 saturated heterocycles. The molecule has 0 bridgehead atoms. The molecule has 0 unspecified atom stereocenters. The van der Waals surface area contributed by atoms with Crippen molar-refractivity contribution in [3.8, 4) is 6.07 Å². The molecule has 5 heteroatoms. The summed E-state index contributed by atoms with van der Waals surface area (Å²) in [6, 6.07) is 4.60. The van der Waals surface area contributed by atoms with Crippen molar-refractivity contribution in [2.75, 3.05) is 5.75 Å². The molecule has 0 amide bonds. The quantitative estimate of drug-likeness (QED) is 0.699. The number of rotatable bonds is 2. The monoisotopic (exact) mass is 196 g/mol. The van der Waals surface area contributed by atoms with E-state index in [1.807, 2.05) is 6.07 Å². The molecule has 4 nitrogen and oxygen atoms in total. The Morgan fingerprint density at radius 3 is 2.85 bits per heavy atom. The molecule has 13 heavy (non-hydrogen) atoms. The lowest BCUT2D eigenvalue weighted by Gasteiger charge is -1.98. The Morgan fingerprint density at radius 1 is 1.62 bits per heavy atom. The van der Waals surface area contributed by atoms with Gasteiger partial charge in [0.05, 0.1) is 17.4 Å². The highest BCUT2D eigenvalue weighted by Gasteiger charge is 2.12. The summed E-state index contributed by atoms with van der Waals surface area (Å²) in [5.41, 5.74) is 0.307. The van der Waals surface area contributed by atoms with Crippen LogP contribution in [-0.2, 0) is 9.84 Å². The van der Waals surface area contributed by atoms with Crippen molar-refractivity contribution < 1.29 is 8.42 Å². The summed E-state index contributed by atoms with van der Waals surface area (Å²) in [7, 11) is -3.29. The number of nitriles is 1. The smallest absolute Gasteiger partial charge is 0.195 e. The van der Waals surface area contributed by atoms with Crippen LogP contribution in [0.4, 0.5) is 0 Å². The zero-order valence-corrected chi connectivity index (χ0v) is 7.87. The van der Waals surface area contributed by atoms with Gasteiger partial charge in [-0.05, 0) is 12.1 Å². The lowest BCUT2D eigenvalue weighted by Crippen LogP contribution is -2.05. The summed E-state index contributed by atoms with van der Waals surface area (Å²) in [4.78, 5) is 3.69. The summed E-state index contributed by atoms with van der Waals surface area (Å²) in [5, 5.41) is 8.49. The normalized spacial score (nSPS) is 10.8. The highest BCUT2D eigenvalue weighted by molar-refractivity contribution is 7.91. The first-order valence-corrected chi connectivity index (χ1v) is 5.34. The highest BCUT2D eigenvalue weighted by Crippen LogP contribution is 2.08. The second kappa shape index (κ2) is 3.54. The third-order valence-corrected chi connectivity index (χ3v) is 3.18. The molecule has 1 aromatic heterocycles. The van der Waals surface area contributed by atoms with Crippen LogP contribution in [0.5, 0.6) is 0 Å². The van der Waals surface area contributed by atoms with E-state index in [2.05, 4.69) is 4.98 Å². The Morgan fingerprint density at radius 2 is 2.31 bits per heavy atom. The molecule has 1 aromatic rings. The van der Waals surface area contributed by atoms with Crippen molar-refractivity contribution in [3.63, 3.8) is 0 Å². The Balaban J connectivity index is 3.27. The van der Waals surface area contributed by atoms with Gasteiger partial charge >= 0.3 is 0 Å². The van der Waals surface area contributed by atoms with Crippen LogP contribution in [0.3, 0.4) is 0 Å². The van der Waals surface area contributed by atoms with Gasteiger partial charge in [-0.3, -0.25) is 0 Å². The predicted molar refractivity (Wildman–Crippen MR) is 46.7 cm³/mol. The average molecular weight is 196 g/mol. The number of aromatic nitrogens is 1. The van der Waals surface area contributed by atoms with Crippen molar-refractivity contribution in [1.82, 2.24) is 4.98 Å². The topological polar surface area (TPSA) is 70.8 Å². The minimum atomic E-state index is -3.29. The second-order valence-corrected chi connectivity index (χ2v) is 4.62. The van der Waals surface area contributed by atoms with Gasteiger partial charge in [-0.1, -0.05) is 6.92 Å². The minimum absolute atomic E-state index is 0.00508. The van der Waals surface area contributed by atoms with E-state index < -0.39 is 9.84 Å². The van der Waals surface area contributed by atoms with Gasteiger partial charge in [0.15, 0.2) is 14.9 Å². The van der Waals surface area contributed by atoms with Gasteiger partial charge in [0.1, 0.15) is 0 Å². The number of pyridine rings is 1. The molecule has 1 heterocycles. The fourth-order valence-corrected chi connectivity index (χ4v) is 1.62. The van der Waals surface area contributed by atoms with Gasteiger partial charge in [-0.25, -0.2) is 13.4 Å². The SMILES string of the molecule is CCS(=O)(=O)c1cc(C#N)ccn1. The molecule has 0 N–H and O–H groups in total. The molecule has 0 atom stereocenters. The maximum atomic E-state index is 11.3. The van der Waals surface area contributed by atoms with Crippen molar-refractivity contribution in [1.29, 1.82) is 5.26 Å². The Kier molecular flexibility index (Phi) is 2.63. The Labute approximate surface area is 76.8 Å². The standard InChI is InChI=1S/C8H8N2O2S/c1-2-13(11,12)8-5-7(6-9)3-4-10-8/h3-5H,2H2,1H3. The Bertz CT molecular complexity index is 445. The molecule has 1 rings (SSSR count). The molecule has 0 fully saturated rings. The van der Waals surface area contributed by atoms with Crippen LogP contribution in [0.1, 0.15) is 12.5 Å². The van der Waals surface area contributed by atoms with E-state index >= 15 is 0 Å². The zero-order chi connectivity index (χ0) is 9.90. The molecule has 0 aliphatic rings. The van der Waals surface area contributed by atoms with Crippen LogP contribution in [0, 0.1) is 11.3 Å². The Hall–Kier alpha value is -1.41. The van der Waals surface area contributed by atoms with Gasteiger partial charge in [0.2, 0.25) is 0 Å². The van der Waals surface area contributed by atoms with Crippen molar-refractivity contribution in [3.05, 3.63) is 23.9 Å². The summed E-state index contributed by atoms with van der Waals surface area (Å²) in [5.74, 6) is -0.00508. The number of hydrogen-bond acceptors (Lipinski definition) is 4. The lowest BCUT2D eigenvalue weighted by molar-refractivity contribution is 0.593. The molecule has 0 aliphatic heterocycles. The highest BCUT2D eigenvalue weighted by atomic mass is 32.2. The van der Waals surface area contributed by atoms with Crippen LogP contribution < -0.4 is 0 Å². The zero-order valence-electron chi connectivity index (χ0n) is 7.06. The molecule has 0 saturated carbocycles. The molecule has 0 aliphatic carbocycles. The van der Waals surface area contributed by atoms with Crippen LogP contribution in [0.15, 0.2) is 23.4 Å². The summed E-state index contributed by atoms with van der Waals surface area (Å²) in [6.07, 6.45) is 1.32. The molecule has 0 aromatic carbocycles. The molecule has 0 radical (unpaired) electrons. The minimum Gasteiger partial charge on any atom is -0.245 e. The maximum Gasteiger partial charge on any atom is 0.195 e. The fourth-order valence-electron chi connectivity index (χ4n) is 0.797. The van der Waals surface area contributed by atoms with Crippen molar-refractivity contribution in [2.45, 2.75) is 11.9 Å². The number of sulfone groups is 1. The largest absolute Gasteiger partial charge is 0.245 e. The summed E-state index contributed by atoms with van der Waals surface area (Å²) < 4.78 is 22.6. The lowest BCUT2D eigenvalue weighted by atomic mass is 10.3. The first-order chi connectivity index (χ1) is 6.10. The van der Waals surface area contributed by atoms with E-state index in [9.17, 15) is 8.42 Å². The number of hydrogen-bond donors (Lipinski definition) is 0. The van der Waals surface area contributed by atoms with Gasteiger partial charge in [-0.15, -0.1) is 0 Å². The first kappa shape index (κ1) is 9.68. The van der Waals surface area contributed by atoms with Crippen LogP contribution >= 0.6 is 0 Å². The molecular weight excluding hydrogens is 188 g/mol. The first-order valence-electron chi connectivity index (χ1n) is 3.69. The van der Waals surface area contributed by atoms with Gasteiger partial charge in [0.25, 0.3) is 0 Å². The third kappa shape index (κ3) is 2.04. The summed E-state index contributed by atoms with van der Waals surface area (Å²) >= 11 is 0. The van der Waals surface area contributed by atoms with Crippen LogP contribution in [0.2, 0.25) is 0 Å². The predicted octanol–water partition coefficient (Wildman–Crippen LogP) is 0.747. The maximum absolute atomic E-state index is 11.3. The molecule has 0 spiro atoms. The fraction of sp³-hybridized carbons (Fsp3) is 0.250. The van der Waals surface area contributed by atoms with E-state index in [4.69, 9.17) is 5.26 Å². The third-order valence-electron chi connectivity index (χ3n) is 1.56. The van der Waals surface area contributed by atoms with Gasteiger partial charge in [-0.2, -0.15) is 5.26 Å². The van der Waals surface area contributed by atoms with Gasteiger partial charge < -0.3 is 0 Å². The van der Waals surface area contributed by atoms with Gasteiger partial charge in [0, 0.05) is 6.20 Å². The van der Waals surface area contributed by atoms with E-state index in [0.29, 0.717) is 5.56 Å². The number of nitrogens with zero attached hydrogens (tertiary/aromatic N) is 2. The molecule has 68 valence electrons. The van der Waals surface area contributed by atoms with Crippen LogP contribution in [0.25, 0.3) is 0 Å². The van der Waals surface area contributed by atoms with E-state index in [-0.39, 0.29) is 10.8 Å². The van der Waals surface area contributed by atoms with E-state index in [1.165, 1.54) is 25.3 Å². The van der Waals surface area contributed by atoms with Crippen molar-refractivity contribution >= 4 is 9.84 Å². The van der Waals surface area contributed by atoms with E-state index in [0.717, 1.165) is 0 Å². The summed E-state index contributed by atoms with van der Waals surface area (Å²) in [6.45, 7) is 1.54. The van der Waals surface area contributed by atoms with Crippen LogP contribution in [-0.4, -0.2) is 19.2 Å².